The molecule has 1 amide bonds. The molecule has 0 aromatic heterocycles. The number of esters is 1. The molecule has 0 aromatic carbocycles. The van der Waals surface area contributed by atoms with Gasteiger partial charge >= 0.3 is 30.2 Å². The Balaban J connectivity index is 5.05. The highest BCUT2D eigenvalue weighted by atomic mass is 28.4. The number of amides is 1. The molecule has 0 radical (unpaired) electrons. The van der Waals surface area contributed by atoms with Crippen LogP contribution in [0.15, 0.2) is 0 Å². The van der Waals surface area contributed by atoms with Crippen molar-refractivity contribution >= 4 is 26.2 Å². The second kappa shape index (κ2) is 7.19. The number of hydrogen-bond donors (Lipinski definition) is 1. The van der Waals surface area contributed by atoms with Crippen molar-refractivity contribution in [1.82, 2.24) is 5.32 Å². The van der Waals surface area contributed by atoms with Crippen molar-refractivity contribution in [3.05, 3.63) is 0 Å². The topological polar surface area (TPSA) is 81.7 Å². The van der Waals surface area contributed by atoms with Crippen LogP contribution in [0.4, 0.5) is 26.3 Å². The Hall–Kier alpha value is -1.79. The molecular formula is C10H13F6NO5Si. The van der Waals surface area contributed by atoms with Gasteiger partial charge in [-0.05, 0) is 19.6 Å². The molecule has 0 heterocycles. The van der Waals surface area contributed by atoms with Crippen LogP contribution < -0.4 is 5.32 Å². The number of halogens is 6. The maximum absolute atomic E-state index is 12.2. The highest BCUT2D eigenvalue weighted by molar-refractivity contribution is 6.71. The summed E-state index contributed by atoms with van der Waals surface area (Å²) in [5.41, 5.74) is 0. The van der Waals surface area contributed by atoms with Gasteiger partial charge in [-0.25, -0.2) is 4.79 Å². The summed E-state index contributed by atoms with van der Waals surface area (Å²) in [5, 5.41) is 1.13. The number of carbonyl (C=O) groups excluding carboxylic acids is 3. The van der Waals surface area contributed by atoms with E-state index >= 15 is 0 Å². The Kier molecular flexibility index (Phi) is 6.63. The van der Waals surface area contributed by atoms with Crippen molar-refractivity contribution in [2.45, 2.75) is 38.0 Å². The van der Waals surface area contributed by atoms with Crippen LogP contribution in [0.25, 0.3) is 0 Å². The fourth-order valence-corrected chi connectivity index (χ4v) is 1.77. The van der Waals surface area contributed by atoms with Gasteiger partial charge in [0.1, 0.15) is 6.61 Å². The highest BCUT2D eigenvalue weighted by Gasteiger charge is 2.44. The smallest absolute Gasteiger partial charge is 0.490 e. The van der Waals surface area contributed by atoms with E-state index in [9.17, 15) is 40.7 Å². The average Bonchev–Trinajstić information content (AvgIpc) is 2.28. The van der Waals surface area contributed by atoms with Gasteiger partial charge in [0, 0.05) is 0 Å². The third-order valence-electron chi connectivity index (χ3n) is 1.87. The summed E-state index contributed by atoms with van der Waals surface area (Å²) >= 11 is 0. The SMILES string of the molecule is C[Si](C)(C)OC(=O)C(COC(=O)C(F)(F)F)NC(=O)C(F)(F)F. The zero-order valence-electron chi connectivity index (χ0n) is 12.1. The normalized spacial score (nSPS) is 14.0. The van der Waals surface area contributed by atoms with Gasteiger partial charge in [-0.15, -0.1) is 0 Å². The quantitative estimate of drug-likeness (QED) is 0.451. The van der Waals surface area contributed by atoms with Crippen molar-refractivity contribution < 1.29 is 49.9 Å². The van der Waals surface area contributed by atoms with Crippen molar-refractivity contribution in [3.63, 3.8) is 0 Å². The second-order valence-electron chi connectivity index (χ2n) is 5.15. The first-order chi connectivity index (χ1) is 10.0. The molecule has 134 valence electrons. The lowest BCUT2D eigenvalue weighted by atomic mass is 10.3. The van der Waals surface area contributed by atoms with Gasteiger partial charge in [-0.1, -0.05) is 0 Å². The Labute approximate surface area is 127 Å². The van der Waals surface area contributed by atoms with E-state index in [1.807, 2.05) is 0 Å². The van der Waals surface area contributed by atoms with E-state index < -0.39 is 51.2 Å². The summed E-state index contributed by atoms with van der Waals surface area (Å²) in [4.78, 5) is 33.0. The zero-order valence-corrected chi connectivity index (χ0v) is 13.1. The molecule has 0 rings (SSSR count). The van der Waals surface area contributed by atoms with Crippen molar-refractivity contribution in [1.29, 1.82) is 0 Å². The van der Waals surface area contributed by atoms with E-state index in [0.29, 0.717) is 0 Å². The Morgan fingerprint density at radius 2 is 1.48 bits per heavy atom. The van der Waals surface area contributed by atoms with E-state index in [2.05, 4.69) is 4.74 Å². The zero-order chi connectivity index (χ0) is 18.6. The third-order valence-corrected chi connectivity index (χ3v) is 2.68. The lowest BCUT2D eigenvalue weighted by Gasteiger charge is -2.23. The first kappa shape index (κ1) is 21.2. The van der Waals surface area contributed by atoms with Gasteiger partial charge < -0.3 is 14.5 Å². The molecule has 1 unspecified atom stereocenters. The maximum atomic E-state index is 12.2. The predicted molar refractivity (Wildman–Crippen MR) is 64.4 cm³/mol. The molecule has 0 spiro atoms. The van der Waals surface area contributed by atoms with Gasteiger partial charge in [0.25, 0.3) is 0 Å². The molecule has 0 aliphatic heterocycles. The minimum atomic E-state index is -5.40. The summed E-state index contributed by atoms with van der Waals surface area (Å²) in [6.45, 7) is 2.95. The number of hydrogen-bond acceptors (Lipinski definition) is 5. The van der Waals surface area contributed by atoms with E-state index in [1.54, 1.807) is 0 Å². The van der Waals surface area contributed by atoms with Gasteiger partial charge in [0.15, 0.2) is 6.04 Å². The maximum Gasteiger partial charge on any atom is 0.490 e. The number of rotatable bonds is 5. The van der Waals surface area contributed by atoms with Crippen molar-refractivity contribution in [2.24, 2.45) is 0 Å². The van der Waals surface area contributed by atoms with Crippen LogP contribution in [-0.4, -0.2) is 51.2 Å². The van der Waals surface area contributed by atoms with Crippen LogP contribution in [-0.2, 0) is 23.5 Å². The van der Waals surface area contributed by atoms with E-state index in [0.717, 1.165) is 5.32 Å². The molecular weight excluding hydrogens is 356 g/mol. The Bertz CT molecular complexity index is 470. The lowest BCUT2D eigenvalue weighted by molar-refractivity contribution is -0.201. The third kappa shape index (κ3) is 8.42. The Morgan fingerprint density at radius 1 is 1.00 bits per heavy atom. The molecule has 0 bridgehead atoms. The van der Waals surface area contributed by atoms with Gasteiger partial charge in [0.05, 0.1) is 0 Å². The molecule has 13 heteroatoms. The minimum Gasteiger partial charge on any atom is -0.518 e. The monoisotopic (exact) mass is 369 g/mol. The fraction of sp³-hybridized carbons (Fsp3) is 0.700. The molecule has 0 aliphatic carbocycles. The molecule has 1 atom stereocenters. The highest BCUT2D eigenvalue weighted by Crippen LogP contribution is 2.18. The molecule has 0 aromatic rings. The van der Waals surface area contributed by atoms with Crippen LogP contribution in [0.1, 0.15) is 0 Å². The fourth-order valence-electron chi connectivity index (χ4n) is 1.02. The molecule has 6 nitrogen and oxygen atoms in total. The number of alkyl halides is 6. The number of nitrogens with one attached hydrogen (secondary N) is 1. The first-order valence-corrected chi connectivity index (χ1v) is 9.29. The number of carbonyl (C=O) groups is 3. The summed E-state index contributed by atoms with van der Waals surface area (Å²) < 4.78 is 80.8. The van der Waals surface area contributed by atoms with Crippen molar-refractivity contribution in [2.75, 3.05) is 6.61 Å². The van der Waals surface area contributed by atoms with E-state index in [1.165, 1.54) is 19.6 Å². The molecule has 1 N–H and O–H groups in total. The van der Waals surface area contributed by atoms with Crippen LogP contribution >= 0.6 is 0 Å². The average molecular weight is 369 g/mol. The van der Waals surface area contributed by atoms with Crippen LogP contribution in [0.3, 0.4) is 0 Å². The summed E-state index contributed by atoms with van der Waals surface area (Å²) in [6.07, 6.45) is -10.8. The summed E-state index contributed by atoms with van der Waals surface area (Å²) in [5.74, 6) is -6.74. The van der Waals surface area contributed by atoms with Crippen LogP contribution in [0.5, 0.6) is 0 Å². The largest absolute Gasteiger partial charge is 0.518 e. The van der Waals surface area contributed by atoms with Gasteiger partial charge in [0.2, 0.25) is 8.32 Å². The summed E-state index contributed by atoms with van der Waals surface area (Å²) in [7, 11) is -2.62. The molecule has 0 fully saturated rings. The van der Waals surface area contributed by atoms with Crippen LogP contribution in [0, 0.1) is 0 Å². The standard InChI is InChI=1S/C10H13F6NO5Si/c1-23(2,3)22-6(18)5(17-7(19)9(11,12)13)4-21-8(20)10(14,15)16/h5H,4H2,1-3H3,(H,17,19). The minimum absolute atomic E-state index is 1.13. The van der Waals surface area contributed by atoms with E-state index in [-0.39, 0.29) is 0 Å². The Morgan fingerprint density at radius 3 is 1.83 bits per heavy atom. The molecule has 0 aliphatic rings. The molecule has 23 heavy (non-hydrogen) atoms. The summed E-state index contributed by atoms with van der Waals surface area (Å²) in [6, 6.07) is -2.22. The predicted octanol–water partition coefficient (Wildman–Crippen LogP) is 1.52. The van der Waals surface area contributed by atoms with E-state index in [4.69, 9.17) is 4.43 Å². The lowest BCUT2D eigenvalue weighted by Crippen LogP contribution is -2.52. The second-order valence-corrected chi connectivity index (χ2v) is 9.58. The first-order valence-electron chi connectivity index (χ1n) is 5.88. The van der Waals surface area contributed by atoms with Gasteiger partial charge in [-0.2, -0.15) is 26.3 Å². The molecule has 0 saturated carbocycles. The molecule has 0 saturated heterocycles. The number of ether oxygens (including phenoxy) is 1. The van der Waals surface area contributed by atoms with Gasteiger partial charge in [-0.3, -0.25) is 9.59 Å². The van der Waals surface area contributed by atoms with Crippen molar-refractivity contribution in [3.8, 4) is 0 Å². The van der Waals surface area contributed by atoms with Crippen LogP contribution in [0.2, 0.25) is 19.6 Å².